The summed E-state index contributed by atoms with van der Waals surface area (Å²) in [5.41, 5.74) is 7.72. The van der Waals surface area contributed by atoms with E-state index in [0.29, 0.717) is 18.7 Å². The fourth-order valence-electron chi connectivity index (χ4n) is 1.91. The molecule has 2 aromatic rings. The molecule has 0 aliphatic carbocycles. The zero-order chi connectivity index (χ0) is 15.6. The van der Waals surface area contributed by atoms with Crippen molar-refractivity contribution in [2.75, 3.05) is 5.32 Å². The summed E-state index contributed by atoms with van der Waals surface area (Å²) in [4.78, 5) is 16.3. The maximum atomic E-state index is 11.8. The van der Waals surface area contributed by atoms with Gasteiger partial charge >= 0.3 is 0 Å². The van der Waals surface area contributed by atoms with Crippen LogP contribution in [-0.4, -0.2) is 16.9 Å². The van der Waals surface area contributed by atoms with E-state index in [4.69, 9.17) is 10.2 Å². The van der Waals surface area contributed by atoms with Crippen LogP contribution in [0.2, 0.25) is 0 Å². The quantitative estimate of drug-likeness (QED) is 0.899. The van der Waals surface area contributed by atoms with Crippen molar-refractivity contribution in [3.05, 3.63) is 24.1 Å². The number of oxazole rings is 1. The standard InChI is InChI=1S/C16H23N3O2.ClH/c1-10(17)5-8-14(20)18-11-6-7-13-12(9-11)19-15(21-13)16(2,3)4;/h6-7,9-10H,5,8,17H2,1-4H3,(H,18,20);1H. The minimum atomic E-state index is -0.139. The van der Waals surface area contributed by atoms with Gasteiger partial charge in [0.1, 0.15) is 5.52 Å². The lowest BCUT2D eigenvalue weighted by Crippen LogP contribution is -2.19. The molecule has 0 aliphatic heterocycles. The van der Waals surface area contributed by atoms with E-state index in [1.54, 1.807) is 0 Å². The average molecular weight is 326 g/mol. The predicted octanol–water partition coefficient (Wildman–Crippen LogP) is 3.61. The number of benzene rings is 1. The lowest BCUT2D eigenvalue weighted by Gasteiger charge is -2.11. The molecule has 1 aromatic carbocycles. The van der Waals surface area contributed by atoms with E-state index >= 15 is 0 Å². The highest BCUT2D eigenvalue weighted by Crippen LogP contribution is 2.27. The molecule has 0 aliphatic rings. The minimum Gasteiger partial charge on any atom is -0.440 e. The van der Waals surface area contributed by atoms with Crippen molar-refractivity contribution in [2.24, 2.45) is 5.73 Å². The summed E-state index contributed by atoms with van der Waals surface area (Å²) >= 11 is 0. The Bertz CT molecular complexity index is 644. The van der Waals surface area contributed by atoms with Gasteiger partial charge in [0, 0.05) is 23.6 Å². The Kier molecular flexibility index (Phi) is 5.97. The number of nitrogens with one attached hydrogen (secondary N) is 1. The Hall–Kier alpha value is -1.59. The third kappa shape index (κ3) is 4.71. The second-order valence-electron chi connectivity index (χ2n) is 6.52. The number of anilines is 1. The van der Waals surface area contributed by atoms with Gasteiger partial charge in [0.15, 0.2) is 5.58 Å². The summed E-state index contributed by atoms with van der Waals surface area (Å²) in [5.74, 6) is 0.657. The Morgan fingerprint density at radius 1 is 1.41 bits per heavy atom. The summed E-state index contributed by atoms with van der Waals surface area (Å²) in [6.07, 6.45) is 1.09. The van der Waals surface area contributed by atoms with Gasteiger partial charge in [0.25, 0.3) is 0 Å². The summed E-state index contributed by atoms with van der Waals surface area (Å²) < 4.78 is 5.73. The molecule has 0 spiro atoms. The van der Waals surface area contributed by atoms with E-state index < -0.39 is 0 Å². The maximum absolute atomic E-state index is 11.8. The number of carbonyl (C=O) groups excluding carboxylic acids is 1. The van der Waals surface area contributed by atoms with Crippen molar-refractivity contribution < 1.29 is 9.21 Å². The number of hydrogen-bond donors (Lipinski definition) is 2. The van der Waals surface area contributed by atoms with Crippen LogP contribution < -0.4 is 11.1 Å². The van der Waals surface area contributed by atoms with Crippen LogP contribution in [0.4, 0.5) is 5.69 Å². The molecule has 6 heteroatoms. The van der Waals surface area contributed by atoms with Crippen molar-refractivity contribution in [3.8, 4) is 0 Å². The van der Waals surface area contributed by atoms with E-state index in [1.165, 1.54) is 0 Å². The van der Waals surface area contributed by atoms with Crippen LogP contribution in [0.5, 0.6) is 0 Å². The Morgan fingerprint density at radius 2 is 2.09 bits per heavy atom. The van der Waals surface area contributed by atoms with Crippen LogP contribution in [0.3, 0.4) is 0 Å². The molecule has 1 atom stereocenters. The van der Waals surface area contributed by atoms with Gasteiger partial charge in [0.2, 0.25) is 11.8 Å². The first-order chi connectivity index (χ1) is 9.75. The number of fused-ring (bicyclic) bond motifs is 1. The van der Waals surface area contributed by atoms with Crippen molar-refractivity contribution in [2.45, 2.75) is 52.0 Å². The van der Waals surface area contributed by atoms with Gasteiger partial charge in [0.05, 0.1) is 0 Å². The van der Waals surface area contributed by atoms with E-state index in [1.807, 2.05) is 45.9 Å². The second kappa shape index (κ2) is 7.11. The smallest absolute Gasteiger partial charge is 0.224 e. The summed E-state index contributed by atoms with van der Waals surface area (Å²) in [5, 5.41) is 2.86. The summed E-state index contributed by atoms with van der Waals surface area (Å²) in [7, 11) is 0. The van der Waals surface area contributed by atoms with Gasteiger partial charge < -0.3 is 15.5 Å². The first-order valence-electron chi connectivity index (χ1n) is 7.22. The lowest BCUT2D eigenvalue weighted by atomic mass is 9.97. The first-order valence-corrected chi connectivity index (χ1v) is 7.22. The minimum absolute atomic E-state index is 0. The number of nitrogens with zero attached hydrogens (tertiary/aromatic N) is 1. The van der Waals surface area contributed by atoms with E-state index in [9.17, 15) is 4.79 Å². The highest BCUT2D eigenvalue weighted by molar-refractivity contribution is 5.92. The van der Waals surface area contributed by atoms with E-state index in [2.05, 4.69) is 10.3 Å². The number of halogens is 1. The molecule has 1 unspecified atom stereocenters. The zero-order valence-electron chi connectivity index (χ0n) is 13.5. The molecule has 0 fully saturated rings. The normalized spacial score (nSPS) is 12.8. The van der Waals surface area contributed by atoms with Crippen molar-refractivity contribution >= 4 is 35.1 Å². The van der Waals surface area contributed by atoms with Crippen LogP contribution in [0, 0.1) is 0 Å². The highest BCUT2D eigenvalue weighted by atomic mass is 35.5. The molecular formula is C16H24ClN3O2. The van der Waals surface area contributed by atoms with Crippen molar-refractivity contribution in [3.63, 3.8) is 0 Å². The van der Waals surface area contributed by atoms with E-state index in [-0.39, 0.29) is 29.8 Å². The van der Waals surface area contributed by atoms with Gasteiger partial charge in [-0.1, -0.05) is 20.8 Å². The van der Waals surface area contributed by atoms with Gasteiger partial charge in [-0.2, -0.15) is 0 Å². The van der Waals surface area contributed by atoms with Crippen molar-refractivity contribution in [1.82, 2.24) is 4.98 Å². The van der Waals surface area contributed by atoms with Crippen molar-refractivity contribution in [1.29, 1.82) is 0 Å². The second-order valence-corrected chi connectivity index (χ2v) is 6.52. The fourth-order valence-corrected chi connectivity index (χ4v) is 1.91. The summed E-state index contributed by atoms with van der Waals surface area (Å²) in [6, 6.07) is 5.52. The third-order valence-corrected chi connectivity index (χ3v) is 3.14. The molecule has 1 amide bonds. The number of amides is 1. The van der Waals surface area contributed by atoms with Crippen LogP contribution in [0.15, 0.2) is 22.6 Å². The molecule has 0 bridgehead atoms. The van der Waals surface area contributed by atoms with Gasteiger partial charge in [-0.3, -0.25) is 4.79 Å². The number of nitrogens with two attached hydrogens (primary N) is 1. The average Bonchev–Trinajstić information content (AvgIpc) is 2.79. The van der Waals surface area contributed by atoms with Crippen LogP contribution >= 0.6 is 12.4 Å². The van der Waals surface area contributed by atoms with E-state index in [0.717, 1.165) is 16.8 Å². The first kappa shape index (κ1) is 18.5. The predicted molar refractivity (Wildman–Crippen MR) is 91.5 cm³/mol. The van der Waals surface area contributed by atoms with Crippen LogP contribution in [0.1, 0.15) is 46.4 Å². The number of rotatable bonds is 4. The Labute approximate surface area is 137 Å². The number of carbonyl (C=O) groups is 1. The largest absolute Gasteiger partial charge is 0.440 e. The number of aromatic nitrogens is 1. The van der Waals surface area contributed by atoms with Gasteiger partial charge in [-0.15, -0.1) is 12.4 Å². The molecule has 1 heterocycles. The SMILES string of the molecule is CC(N)CCC(=O)Nc1ccc2oc(C(C)(C)C)nc2c1.Cl. The maximum Gasteiger partial charge on any atom is 0.224 e. The molecule has 2 rings (SSSR count). The monoisotopic (exact) mass is 325 g/mol. The molecule has 3 N–H and O–H groups in total. The fraction of sp³-hybridized carbons (Fsp3) is 0.500. The zero-order valence-corrected chi connectivity index (χ0v) is 14.3. The van der Waals surface area contributed by atoms with Crippen LogP contribution in [0.25, 0.3) is 11.1 Å². The van der Waals surface area contributed by atoms with Crippen LogP contribution in [-0.2, 0) is 10.2 Å². The molecule has 22 heavy (non-hydrogen) atoms. The Morgan fingerprint density at radius 3 is 2.68 bits per heavy atom. The molecule has 122 valence electrons. The highest BCUT2D eigenvalue weighted by Gasteiger charge is 2.21. The summed E-state index contributed by atoms with van der Waals surface area (Å²) in [6.45, 7) is 8.04. The molecule has 0 radical (unpaired) electrons. The topological polar surface area (TPSA) is 81.2 Å². The molecule has 5 nitrogen and oxygen atoms in total. The number of hydrogen-bond acceptors (Lipinski definition) is 4. The van der Waals surface area contributed by atoms with Gasteiger partial charge in [-0.05, 0) is 31.5 Å². The molecule has 0 saturated carbocycles. The molecular weight excluding hydrogens is 302 g/mol. The Balaban J connectivity index is 0.00000242. The van der Waals surface area contributed by atoms with Gasteiger partial charge in [-0.25, -0.2) is 4.98 Å². The molecule has 0 saturated heterocycles. The third-order valence-electron chi connectivity index (χ3n) is 3.14. The molecule has 1 aromatic heterocycles. The lowest BCUT2D eigenvalue weighted by molar-refractivity contribution is -0.116.